The maximum Gasteiger partial charge on any atom is 0.270 e. The number of likely N-dealkylation sites (tertiary alicyclic amines) is 1. The highest BCUT2D eigenvalue weighted by Gasteiger charge is 2.43. The molecule has 0 spiro atoms. The van der Waals surface area contributed by atoms with Gasteiger partial charge in [0, 0.05) is 12.0 Å². The molecule has 190 valence electrons. The fourth-order valence-corrected chi connectivity index (χ4v) is 3.49. The highest BCUT2D eigenvalue weighted by Crippen LogP contribution is 2.28. The fourth-order valence-electron chi connectivity index (χ4n) is 3.49. The number of hydrogen-bond acceptors (Lipinski definition) is 10. The van der Waals surface area contributed by atoms with Crippen LogP contribution < -0.4 is 26.0 Å². The molecule has 1 heterocycles. The molecule has 2 amide bonds. The van der Waals surface area contributed by atoms with Gasteiger partial charge in [-0.2, -0.15) is 0 Å². The van der Waals surface area contributed by atoms with E-state index in [4.69, 9.17) is 4.74 Å². The van der Waals surface area contributed by atoms with Gasteiger partial charge in [-0.05, 0) is 42.0 Å². The number of carbonyl (C=O) groups excluding carboxylic acids is 4. The molecule has 1 fully saturated rings. The monoisotopic (exact) mass is 498 g/mol. The first-order valence-corrected chi connectivity index (χ1v) is 10.7. The Hall–Kier alpha value is -4.65. The van der Waals surface area contributed by atoms with Gasteiger partial charge in [0.1, 0.15) is 29.3 Å². The molecular weight excluding hydrogens is 476 g/mol. The predicted octanol–water partition coefficient (Wildman–Crippen LogP) is -3.37. The zero-order valence-corrected chi connectivity index (χ0v) is 18.8. The number of carbonyl (C=O) groups is 4. The summed E-state index contributed by atoms with van der Waals surface area (Å²) >= 11 is 0. The molecule has 0 saturated carbocycles. The van der Waals surface area contributed by atoms with Crippen molar-refractivity contribution in [2.24, 2.45) is 5.16 Å². The minimum atomic E-state index is -1.53. The SMILES string of the molecule is [NH3+]C(CCOc1ccc(C(=N[O-])C(=O)NC2CN(C(C(=O)[O-])c3ccc(O)cc3)C2=O)cc1)C(=O)[O-]. The lowest BCUT2D eigenvalue weighted by Crippen LogP contribution is -2.68. The van der Waals surface area contributed by atoms with E-state index in [2.05, 4.69) is 16.2 Å². The molecule has 5 N–H and O–H groups in total. The summed E-state index contributed by atoms with van der Waals surface area (Å²) in [5.41, 5.74) is 3.26. The van der Waals surface area contributed by atoms with E-state index >= 15 is 0 Å². The number of phenols is 1. The molecule has 0 radical (unpaired) electrons. The number of amides is 2. The second-order valence-electron chi connectivity index (χ2n) is 7.95. The summed E-state index contributed by atoms with van der Waals surface area (Å²) in [7, 11) is 0. The van der Waals surface area contributed by atoms with Gasteiger partial charge in [0.15, 0.2) is 0 Å². The van der Waals surface area contributed by atoms with E-state index in [1.165, 1.54) is 48.5 Å². The van der Waals surface area contributed by atoms with Gasteiger partial charge in [0.25, 0.3) is 5.91 Å². The average Bonchev–Trinajstić information content (AvgIpc) is 2.85. The van der Waals surface area contributed by atoms with Gasteiger partial charge in [0.05, 0.1) is 31.1 Å². The van der Waals surface area contributed by atoms with E-state index < -0.39 is 47.6 Å². The van der Waals surface area contributed by atoms with Crippen LogP contribution in [0.2, 0.25) is 0 Å². The van der Waals surface area contributed by atoms with E-state index in [9.17, 15) is 39.7 Å². The Balaban J connectivity index is 1.59. The van der Waals surface area contributed by atoms with E-state index in [1.807, 2.05) is 0 Å². The van der Waals surface area contributed by atoms with Gasteiger partial charge in [-0.25, -0.2) is 0 Å². The zero-order valence-electron chi connectivity index (χ0n) is 18.8. The quantitative estimate of drug-likeness (QED) is 0.159. The number of nitrogens with one attached hydrogen (secondary N) is 1. The van der Waals surface area contributed by atoms with E-state index in [0.29, 0.717) is 5.75 Å². The highest BCUT2D eigenvalue weighted by atomic mass is 16.5. The number of benzene rings is 2. The normalized spacial score (nSPS) is 17.0. The number of rotatable bonds is 11. The number of β-lactam (4-membered cyclic amide) rings is 1. The molecule has 3 unspecified atom stereocenters. The zero-order chi connectivity index (χ0) is 26.4. The molecule has 1 aliphatic heterocycles. The molecule has 0 bridgehead atoms. The predicted molar refractivity (Wildman–Crippen MR) is 118 cm³/mol. The van der Waals surface area contributed by atoms with Crippen LogP contribution in [0.4, 0.5) is 0 Å². The van der Waals surface area contributed by atoms with Gasteiger partial charge in [-0.1, -0.05) is 12.1 Å². The van der Waals surface area contributed by atoms with Crippen molar-refractivity contribution >= 4 is 29.5 Å². The number of phenolic OH excluding ortho intramolecular Hbond substituents is 1. The molecular formula is C23H22N4O9-2. The van der Waals surface area contributed by atoms with Crippen LogP contribution in [0.15, 0.2) is 53.7 Å². The Morgan fingerprint density at radius 2 is 1.75 bits per heavy atom. The standard InChI is InChI=1S/C23H24N4O9/c24-16(22(31)32)9-10-36-15-7-3-12(4-8-15)18(26-35)20(29)25-17-11-27(21(17)30)19(23(33)34)13-1-5-14(28)6-2-13/h1-8,16-17,19,28,35H,9-11,24H2,(H,25,29)(H,31,32)(H,33,34)/p-2. The minimum Gasteiger partial charge on any atom is -0.791 e. The van der Waals surface area contributed by atoms with Crippen LogP contribution >= 0.6 is 0 Å². The largest absolute Gasteiger partial charge is 0.791 e. The first-order chi connectivity index (χ1) is 17.1. The lowest BCUT2D eigenvalue weighted by Gasteiger charge is -2.44. The number of carboxylic acid groups (broad SMARTS) is 2. The third-order valence-corrected chi connectivity index (χ3v) is 5.51. The van der Waals surface area contributed by atoms with Gasteiger partial charge in [-0.3, -0.25) is 9.59 Å². The number of carboxylic acids is 2. The van der Waals surface area contributed by atoms with Gasteiger partial charge in [-0.15, -0.1) is 0 Å². The summed E-state index contributed by atoms with van der Waals surface area (Å²) in [5, 5.41) is 48.1. The maximum atomic E-state index is 12.6. The van der Waals surface area contributed by atoms with Gasteiger partial charge >= 0.3 is 0 Å². The highest BCUT2D eigenvalue weighted by molar-refractivity contribution is 6.45. The summed E-state index contributed by atoms with van der Waals surface area (Å²) in [5.74, 6) is -4.18. The molecule has 2 aromatic carbocycles. The molecule has 3 atom stereocenters. The van der Waals surface area contributed by atoms with Crippen LogP contribution in [0, 0.1) is 5.21 Å². The molecule has 0 aromatic heterocycles. The molecule has 36 heavy (non-hydrogen) atoms. The topological polar surface area (TPSA) is 222 Å². The third kappa shape index (κ3) is 5.88. The fraction of sp³-hybridized carbons (Fsp3) is 0.261. The molecule has 13 nitrogen and oxygen atoms in total. The Kier molecular flexibility index (Phi) is 8.07. The van der Waals surface area contributed by atoms with Crippen molar-refractivity contribution in [2.75, 3.05) is 13.2 Å². The van der Waals surface area contributed by atoms with Crippen LogP contribution in [0.25, 0.3) is 0 Å². The Morgan fingerprint density at radius 1 is 1.11 bits per heavy atom. The van der Waals surface area contributed by atoms with Gasteiger partial charge in [0.2, 0.25) is 5.91 Å². The van der Waals surface area contributed by atoms with Crippen molar-refractivity contribution < 1.29 is 45.0 Å². The molecule has 13 heteroatoms. The summed E-state index contributed by atoms with van der Waals surface area (Å²) < 4.78 is 5.39. The average molecular weight is 498 g/mol. The van der Waals surface area contributed by atoms with Crippen molar-refractivity contribution in [3.8, 4) is 11.5 Å². The summed E-state index contributed by atoms with van der Waals surface area (Å²) in [6.07, 6.45) is 0.123. The van der Waals surface area contributed by atoms with Crippen molar-refractivity contribution in [3.05, 3.63) is 64.9 Å². The smallest absolute Gasteiger partial charge is 0.270 e. The van der Waals surface area contributed by atoms with E-state index in [-0.39, 0.29) is 36.4 Å². The first kappa shape index (κ1) is 26.0. The van der Waals surface area contributed by atoms with Crippen molar-refractivity contribution in [2.45, 2.75) is 24.5 Å². The second-order valence-corrected chi connectivity index (χ2v) is 7.95. The lowest BCUT2D eigenvalue weighted by molar-refractivity contribution is -0.438. The molecule has 1 saturated heterocycles. The Morgan fingerprint density at radius 3 is 2.28 bits per heavy atom. The van der Waals surface area contributed by atoms with Crippen LogP contribution in [-0.2, 0) is 19.2 Å². The third-order valence-electron chi connectivity index (χ3n) is 5.51. The number of aromatic hydroxyl groups is 1. The first-order valence-electron chi connectivity index (χ1n) is 10.7. The summed E-state index contributed by atoms with van der Waals surface area (Å²) in [4.78, 5) is 48.4. The minimum absolute atomic E-state index is 0.0573. The number of quaternary nitrogens is 1. The number of nitrogens with zero attached hydrogens (tertiary/aromatic N) is 2. The van der Waals surface area contributed by atoms with Crippen molar-refractivity contribution in [1.29, 1.82) is 0 Å². The Bertz CT molecular complexity index is 1170. The van der Waals surface area contributed by atoms with Crippen LogP contribution in [0.3, 0.4) is 0 Å². The summed E-state index contributed by atoms with van der Waals surface area (Å²) in [6, 6.07) is 7.47. The lowest BCUT2D eigenvalue weighted by atomic mass is 9.97. The molecule has 3 rings (SSSR count). The van der Waals surface area contributed by atoms with Crippen LogP contribution in [0.1, 0.15) is 23.6 Å². The molecule has 2 aromatic rings. The second kappa shape index (κ2) is 11.2. The van der Waals surface area contributed by atoms with Gasteiger partial charge < -0.3 is 56.0 Å². The maximum absolute atomic E-state index is 12.6. The number of hydrogen-bond donors (Lipinski definition) is 3. The Labute approximate surface area is 204 Å². The molecule has 0 aliphatic carbocycles. The van der Waals surface area contributed by atoms with Crippen LogP contribution in [-0.4, -0.2) is 64.7 Å². The van der Waals surface area contributed by atoms with Crippen LogP contribution in [0.5, 0.6) is 11.5 Å². The number of aliphatic carboxylic acids is 2. The van der Waals surface area contributed by atoms with E-state index in [1.54, 1.807) is 0 Å². The van der Waals surface area contributed by atoms with Crippen molar-refractivity contribution in [3.63, 3.8) is 0 Å². The summed E-state index contributed by atoms with van der Waals surface area (Å²) in [6.45, 7) is -0.0933. The van der Waals surface area contributed by atoms with E-state index in [0.717, 1.165) is 4.90 Å². The number of ether oxygens (including phenoxy) is 1. The molecule has 1 aliphatic rings. The van der Waals surface area contributed by atoms with Crippen molar-refractivity contribution in [1.82, 2.24) is 10.2 Å².